The Bertz CT molecular complexity index is 243. The van der Waals surface area contributed by atoms with Crippen molar-refractivity contribution in [2.75, 3.05) is 0 Å². The smallest absolute Gasteiger partial charge is 0 e. The Morgan fingerprint density at radius 1 is 0.762 bits per heavy atom. The molecule has 0 rings (SSSR count). The van der Waals surface area contributed by atoms with Gasteiger partial charge in [0.2, 0.25) is 0 Å². The fraction of sp³-hybridized carbons (Fsp3) is 0.700. The minimum atomic E-state index is 0. The maximum absolute atomic E-state index is 4.51. The molecule has 0 fully saturated rings. The molecule has 0 heterocycles. The van der Waals surface area contributed by atoms with E-state index in [0.29, 0.717) is 11.8 Å². The third kappa shape index (κ3) is 33.4. The van der Waals surface area contributed by atoms with E-state index in [1.807, 2.05) is 0 Å². The Hall–Kier alpha value is 5.40. The Morgan fingerprint density at radius 3 is 1.29 bits per heavy atom. The summed E-state index contributed by atoms with van der Waals surface area (Å²) in [6.45, 7) is 10.3. The topological polar surface area (TPSA) is 24.7 Å². The van der Waals surface area contributed by atoms with Crippen LogP contribution in [-0.2, 0) is 188 Å². The maximum atomic E-state index is 4.51. The van der Waals surface area contributed by atoms with E-state index in [9.17, 15) is 0 Å². The number of hydrogen-bond acceptors (Lipinski definition) is 1. The molecule has 0 saturated carbocycles. The summed E-state index contributed by atoms with van der Waals surface area (Å²) in [4.78, 5) is 8.64. The van der Waals surface area contributed by atoms with Crippen molar-refractivity contribution < 1.29 is 188 Å². The van der Waals surface area contributed by atoms with Crippen LogP contribution >= 0.6 is 0 Å². The van der Waals surface area contributed by atoms with Gasteiger partial charge >= 0.3 is 91.9 Å². The average Bonchev–Trinajstić information content (AvgIpc) is 2.03. The zero-order chi connectivity index (χ0) is 10.4. The fourth-order valence-corrected chi connectivity index (χ4v) is 0.976. The van der Waals surface area contributed by atoms with Crippen LogP contribution < -0.4 is 0 Å². The van der Waals surface area contributed by atoms with Crippen molar-refractivity contribution in [3.05, 3.63) is 0 Å². The number of rotatable bonds is 3. The van der Waals surface area contributed by atoms with Crippen LogP contribution in [0.3, 0.4) is 0 Å². The van der Waals surface area contributed by atoms with Gasteiger partial charge in [-0.2, -0.15) is 0 Å². The number of amidine groups is 1. The van der Waals surface area contributed by atoms with Crippen LogP contribution in [0.5, 0.6) is 0 Å². The third-order valence-corrected chi connectivity index (χ3v) is 3.48. The first-order chi connectivity index (χ1) is 5.99. The molecule has 11 heteroatoms. The summed E-state index contributed by atoms with van der Waals surface area (Å²) in [5, 5.41) is 0. The number of nitrogens with zero attached hydrogens (tertiary/aromatic N) is 2. The van der Waals surface area contributed by atoms with Crippen LogP contribution in [0.1, 0.15) is 34.6 Å². The normalized spacial score (nSPS) is 8.24. The molecule has 0 bridgehead atoms. The zero-order valence-corrected chi connectivity index (χ0v) is 38.6. The first-order valence-corrected chi connectivity index (χ1v) is 5.95. The molecule has 0 N–H and O–H groups in total. The summed E-state index contributed by atoms with van der Waals surface area (Å²) in [6.07, 6.45) is 2.78. The molecular weight excluding hydrogens is 1800 g/mol. The first-order valence-electron chi connectivity index (χ1n) is 4.49. The minimum absolute atomic E-state index is 0. The molecule has 0 aromatic rings. The van der Waals surface area contributed by atoms with Gasteiger partial charge in [0.05, 0.1) is 0 Å². The van der Waals surface area contributed by atoms with Crippen LogP contribution in [0.25, 0.3) is 0 Å². The van der Waals surface area contributed by atoms with Crippen LogP contribution in [0.4, 0.5) is 0 Å². The van der Waals surface area contributed by atoms with Crippen molar-refractivity contribution in [3.63, 3.8) is 0 Å². The Kier molecular flexibility index (Phi) is 97.4. The summed E-state index contributed by atoms with van der Waals surface area (Å²) in [5.74, 6) is 1.79. The molecule has 0 atom stereocenters. The molecule has 0 aliphatic heterocycles. The van der Waals surface area contributed by atoms with Gasteiger partial charge in [-0.15, -0.1) is 0 Å². The van der Waals surface area contributed by atoms with Crippen LogP contribution in [0.15, 0.2) is 9.98 Å². The molecule has 0 aromatic carbocycles. The number of aliphatic imine (C=N–C) groups is 2. The predicted molar refractivity (Wildman–Crippen MR) is 55.2 cm³/mol. The molecule has 2 nitrogen and oxygen atoms in total. The molecule has 122 valence electrons. The van der Waals surface area contributed by atoms with E-state index >= 15 is 0 Å². The molecule has 0 aromatic heterocycles. The second-order valence-electron chi connectivity index (χ2n) is 3.45. The Morgan fingerprint density at radius 2 is 1.10 bits per heavy atom. The van der Waals surface area contributed by atoms with Crippen molar-refractivity contribution >= 4 is 16.1 Å². The van der Waals surface area contributed by atoms with E-state index in [4.69, 9.17) is 0 Å². The quantitative estimate of drug-likeness (QED) is 0.236. The molecule has 0 spiro atoms. The van der Waals surface area contributed by atoms with Gasteiger partial charge in [0.1, 0.15) is 0 Å². The van der Waals surface area contributed by atoms with Crippen molar-refractivity contribution in [3.8, 4) is 0 Å². The SMILES string of the molecule is C[C-]=NC(=N[C](=[W])C(C)C)C(C)C.[W].[W].[W].[W].[W].[W].[W].[W]. The molecule has 0 radical (unpaired) electrons. The van der Waals surface area contributed by atoms with Crippen molar-refractivity contribution in [1.82, 2.24) is 0 Å². The fourth-order valence-electron chi connectivity index (χ4n) is 0.640. The second kappa shape index (κ2) is 36.3. The minimum Gasteiger partial charge on any atom is 0 e. The summed E-state index contributed by atoms with van der Waals surface area (Å²) in [7, 11) is 0. The molecule has 0 aliphatic rings. The molecule has 21 heavy (non-hydrogen) atoms. The Balaban J connectivity index is -0.0000000257. The van der Waals surface area contributed by atoms with Crippen molar-refractivity contribution in [2.45, 2.75) is 34.6 Å². The van der Waals surface area contributed by atoms with Gasteiger partial charge in [0, 0.05) is 169 Å². The molecule has 0 unspecified atom stereocenters. The van der Waals surface area contributed by atoms with Gasteiger partial charge in [-0.1, -0.05) is 0 Å². The second-order valence-corrected chi connectivity index (χ2v) is 4.96. The molecule has 0 amide bonds. The van der Waals surface area contributed by atoms with E-state index in [1.165, 1.54) is 23.4 Å². The maximum Gasteiger partial charge on any atom is 0 e. The van der Waals surface area contributed by atoms with Crippen molar-refractivity contribution in [2.24, 2.45) is 21.8 Å². The molecule has 0 saturated heterocycles. The summed E-state index contributed by atoms with van der Waals surface area (Å²) in [5.41, 5.74) is 0. The largest absolute Gasteiger partial charge is 0 e. The predicted octanol–water partition coefficient (Wildman–Crippen LogP) is 2.32. The molecule has 0 aliphatic carbocycles. The standard InChI is InChI=1S/C10H17N2.9W/c1-6-11-10(9(4)5)12-7-8(2)3;;;;;;;;;/h8-9H,1-5H3;;;;;;;;;/q-1;;;;;;;;;. The first kappa shape index (κ1) is 56.3. The van der Waals surface area contributed by atoms with Gasteiger partial charge in [-0.25, -0.2) is 0 Å². The monoisotopic (exact) mass is 1820 g/mol. The van der Waals surface area contributed by atoms with Gasteiger partial charge < -0.3 is 0 Å². The summed E-state index contributed by atoms with van der Waals surface area (Å²) in [6, 6.07) is 0. The van der Waals surface area contributed by atoms with Crippen LogP contribution in [0.2, 0.25) is 0 Å². The van der Waals surface area contributed by atoms with Crippen molar-refractivity contribution in [1.29, 1.82) is 0 Å². The Labute approximate surface area is 255 Å². The van der Waals surface area contributed by atoms with Crippen LogP contribution in [-0.4, -0.2) is 16.1 Å². The van der Waals surface area contributed by atoms with E-state index in [1.54, 1.807) is 6.92 Å². The molecular formula is C10H17N2W9-. The summed E-state index contributed by atoms with van der Waals surface area (Å²) < 4.78 is 1.21. The zero-order valence-electron chi connectivity index (χ0n) is 12.2. The van der Waals surface area contributed by atoms with Gasteiger partial charge in [-0.05, 0) is 0 Å². The van der Waals surface area contributed by atoms with Gasteiger partial charge in [-0.3, -0.25) is 0 Å². The van der Waals surface area contributed by atoms with E-state index in [2.05, 4.69) is 43.9 Å². The van der Waals surface area contributed by atoms with Gasteiger partial charge in [0.15, 0.2) is 0 Å². The van der Waals surface area contributed by atoms with E-state index in [0.717, 1.165) is 5.84 Å². The van der Waals surface area contributed by atoms with E-state index < -0.39 is 0 Å². The summed E-state index contributed by atoms with van der Waals surface area (Å²) >= 11 is 1.43. The number of hydrogen-bond donors (Lipinski definition) is 0. The van der Waals surface area contributed by atoms with E-state index in [-0.39, 0.29) is 169 Å². The van der Waals surface area contributed by atoms with Gasteiger partial charge in [0.25, 0.3) is 0 Å². The average molecular weight is 1820 g/mol. The third-order valence-electron chi connectivity index (χ3n) is 1.46. The van der Waals surface area contributed by atoms with Crippen LogP contribution in [0, 0.1) is 11.8 Å².